The van der Waals surface area contributed by atoms with Crippen LogP contribution >= 0.6 is 27.7 Å². The Kier molecular flexibility index (Phi) is 5.05. The van der Waals surface area contributed by atoms with Crippen LogP contribution in [-0.2, 0) is 16.0 Å². The van der Waals surface area contributed by atoms with Crippen molar-refractivity contribution in [1.29, 1.82) is 0 Å². The number of aromatic amines is 1. The average Bonchev–Trinajstić information content (AvgIpc) is 2.92. The molecule has 0 spiro atoms. The number of likely N-dealkylation sites (N-methyl/N-ethyl adjacent to an activating group) is 1. The van der Waals surface area contributed by atoms with Crippen LogP contribution in [0.15, 0.2) is 19.7 Å². The van der Waals surface area contributed by atoms with E-state index in [1.807, 2.05) is 0 Å². The highest BCUT2D eigenvalue weighted by Crippen LogP contribution is 2.17. The minimum Gasteiger partial charge on any atom is -0.369 e. The molecule has 0 aliphatic carbocycles. The lowest BCUT2D eigenvalue weighted by molar-refractivity contribution is 0.600. The number of thioether (sulfide) groups is 1. The Hall–Kier alpha value is -1.07. The minimum absolute atomic E-state index is 0.241. The molecule has 0 atom stereocenters. The maximum Gasteiger partial charge on any atom is 0.367 e. The van der Waals surface area contributed by atoms with Crippen molar-refractivity contribution in [3.8, 4) is 0 Å². The van der Waals surface area contributed by atoms with Crippen LogP contribution < -0.4 is 10.6 Å². The van der Waals surface area contributed by atoms with Gasteiger partial charge in [-0.2, -0.15) is 20.2 Å². The largest absolute Gasteiger partial charge is 0.369 e. The molecule has 1 aliphatic heterocycles. The summed E-state index contributed by atoms with van der Waals surface area (Å²) in [5, 5.41) is 5.64. The molecule has 1 aromatic heterocycles. The number of imidazole rings is 1. The quantitative estimate of drug-likeness (QED) is 0.632. The minimum atomic E-state index is -3.72. The Morgan fingerprint density at radius 3 is 2.80 bits per heavy atom. The zero-order chi connectivity index (χ0) is 14.6. The van der Waals surface area contributed by atoms with E-state index in [4.69, 9.17) is 0 Å². The van der Waals surface area contributed by atoms with Crippen LogP contribution in [0.2, 0.25) is 0 Å². The number of hydrogen-bond acceptors (Lipinski definition) is 6. The molecule has 0 bridgehead atoms. The second-order valence-corrected chi connectivity index (χ2v) is 6.88. The first-order valence-electron chi connectivity index (χ1n) is 5.64. The number of H-pyrrole nitrogens is 1. The van der Waals surface area contributed by atoms with Gasteiger partial charge in [-0.05, 0) is 15.9 Å². The predicted octanol–water partition coefficient (Wildman–Crippen LogP) is 0.270. The van der Waals surface area contributed by atoms with Crippen molar-refractivity contribution in [3.63, 3.8) is 0 Å². The van der Waals surface area contributed by atoms with Crippen molar-refractivity contribution >= 4 is 49.6 Å². The van der Waals surface area contributed by atoms with E-state index in [0.29, 0.717) is 6.54 Å². The van der Waals surface area contributed by atoms with Crippen molar-refractivity contribution in [2.75, 3.05) is 19.3 Å². The third-order valence-corrected chi connectivity index (χ3v) is 4.80. The first-order valence-corrected chi connectivity index (χ1v) is 8.98. The molecule has 0 saturated carbocycles. The summed E-state index contributed by atoms with van der Waals surface area (Å²) in [4.78, 5) is 7.10. The second-order valence-electron chi connectivity index (χ2n) is 3.72. The molecule has 0 aromatic carbocycles. The number of nitrogens with zero attached hydrogens (tertiary/aromatic N) is 3. The lowest BCUT2D eigenvalue weighted by Crippen LogP contribution is -2.37. The van der Waals surface area contributed by atoms with Crippen LogP contribution in [0.5, 0.6) is 0 Å². The normalized spacial score (nSPS) is 16.7. The van der Waals surface area contributed by atoms with E-state index in [9.17, 15) is 8.42 Å². The van der Waals surface area contributed by atoms with E-state index in [1.54, 1.807) is 25.1 Å². The summed E-state index contributed by atoms with van der Waals surface area (Å²) in [6.07, 6.45) is 1.63. The highest BCUT2D eigenvalue weighted by atomic mass is 79.9. The molecule has 0 unspecified atom stereocenters. The van der Waals surface area contributed by atoms with Crippen LogP contribution in [0, 0.1) is 0 Å². The zero-order valence-corrected chi connectivity index (χ0v) is 13.8. The Labute approximate surface area is 129 Å². The molecule has 1 aromatic rings. The number of amidine groups is 2. The van der Waals surface area contributed by atoms with E-state index in [0.717, 1.165) is 21.8 Å². The average molecular weight is 381 g/mol. The SMILES string of the molecule is CNC1=NS(=O)(=O)N=C1NCCSCc1nc[nH]c1Br. The van der Waals surface area contributed by atoms with Crippen LogP contribution in [0.3, 0.4) is 0 Å². The van der Waals surface area contributed by atoms with Gasteiger partial charge in [0.2, 0.25) is 0 Å². The van der Waals surface area contributed by atoms with E-state index < -0.39 is 10.2 Å². The van der Waals surface area contributed by atoms with E-state index in [1.165, 1.54) is 0 Å². The van der Waals surface area contributed by atoms with Gasteiger partial charge < -0.3 is 15.6 Å². The maximum atomic E-state index is 11.2. The van der Waals surface area contributed by atoms with Crippen molar-refractivity contribution in [2.45, 2.75) is 5.75 Å². The molecule has 0 fully saturated rings. The molecule has 110 valence electrons. The third kappa shape index (κ3) is 3.96. The Morgan fingerprint density at radius 2 is 2.15 bits per heavy atom. The van der Waals surface area contributed by atoms with Crippen molar-refractivity contribution < 1.29 is 8.42 Å². The second kappa shape index (κ2) is 6.59. The molecule has 8 nitrogen and oxygen atoms in total. The molecule has 0 saturated heterocycles. The number of hydrogen-bond donors (Lipinski definition) is 3. The fraction of sp³-hybridized carbons (Fsp3) is 0.444. The zero-order valence-electron chi connectivity index (χ0n) is 10.6. The maximum absolute atomic E-state index is 11.2. The molecule has 0 radical (unpaired) electrons. The summed E-state index contributed by atoms with van der Waals surface area (Å²) < 4.78 is 30.3. The van der Waals surface area contributed by atoms with Gasteiger partial charge in [0.15, 0.2) is 11.7 Å². The third-order valence-electron chi connectivity index (χ3n) is 2.32. The van der Waals surface area contributed by atoms with Crippen LogP contribution in [0.25, 0.3) is 0 Å². The highest BCUT2D eigenvalue weighted by Gasteiger charge is 2.22. The number of aromatic nitrogens is 2. The molecule has 2 rings (SSSR count). The molecule has 3 N–H and O–H groups in total. The molecular formula is C9H13BrN6O2S2. The van der Waals surface area contributed by atoms with Gasteiger partial charge in [-0.25, -0.2) is 4.98 Å². The summed E-state index contributed by atoms with van der Waals surface area (Å²) in [5.41, 5.74) is 0.952. The molecule has 20 heavy (non-hydrogen) atoms. The molecular weight excluding hydrogens is 368 g/mol. The van der Waals surface area contributed by atoms with E-state index in [-0.39, 0.29) is 11.7 Å². The van der Waals surface area contributed by atoms with Gasteiger partial charge in [0.1, 0.15) is 4.60 Å². The number of halogens is 1. The Bertz CT molecular complexity index is 639. The Balaban J connectivity index is 1.74. The van der Waals surface area contributed by atoms with Gasteiger partial charge in [0, 0.05) is 25.1 Å². The smallest absolute Gasteiger partial charge is 0.367 e. The molecule has 0 amide bonds. The fourth-order valence-corrected chi connectivity index (χ4v) is 3.60. The van der Waals surface area contributed by atoms with E-state index >= 15 is 0 Å². The van der Waals surface area contributed by atoms with Gasteiger partial charge in [-0.15, -0.1) is 8.80 Å². The molecule has 2 heterocycles. The van der Waals surface area contributed by atoms with Gasteiger partial charge in [0.05, 0.1) is 12.0 Å². The lowest BCUT2D eigenvalue weighted by Gasteiger charge is -2.06. The first kappa shape index (κ1) is 15.3. The van der Waals surface area contributed by atoms with Gasteiger partial charge in [-0.3, -0.25) is 0 Å². The monoisotopic (exact) mass is 380 g/mol. The number of rotatable bonds is 5. The van der Waals surface area contributed by atoms with Gasteiger partial charge in [0.25, 0.3) is 0 Å². The van der Waals surface area contributed by atoms with E-state index in [2.05, 4.69) is 45.3 Å². The van der Waals surface area contributed by atoms with Gasteiger partial charge in [-0.1, -0.05) is 0 Å². The highest BCUT2D eigenvalue weighted by molar-refractivity contribution is 9.10. The summed E-state index contributed by atoms with van der Waals surface area (Å²) >= 11 is 5.04. The van der Waals surface area contributed by atoms with Crippen molar-refractivity contribution in [3.05, 3.63) is 16.6 Å². The van der Waals surface area contributed by atoms with Crippen molar-refractivity contribution in [2.24, 2.45) is 8.80 Å². The fourth-order valence-electron chi connectivity index (χ4n) is 1.44. The first-order chi connectivity index (χ1) is 9.52. The van der Waals surface area contributed by atoms with Gasteiger partial charge >= 0.3 is 10.2 Å². The summed E-state index contributed by atoms with van der Waals surface area (Å²) in [6, 6.07) is 0. The molecule has 1 aliphatic rings. The Morgan fingerprint density at radius 1 is 1.40 bits per heavy atom. The number of nitrogens with one attached hydrogen (secondary N) is 3. The predicted molar refractivity (Wildman–Crippen MR) is 83.3 cm³/mol. The van der Waals surface area contributed by atoms with Crippen molar-refractivity contribution in [1.82, 2.24) is 20.6 Å². The topological polar surface area (TPSA) is 112 Å². The summed E-state index contributed by atoms with van der Waals surface area (Å²) in [6.45, 7) is 0.585. The summed E-state index contributed by atoms with van der Waals surface area (Å²) in [5.74, 6) is 2.05. The standard InChI is InChI=1S/C9H13BrN6O2S2/c1-11-8-9(16-20(17,18)15-8)12-2-3-19-4-6-7(10)14-5-13-6/h5H,2-4H2,1H3,(H,11,15)(H,12,16)(H,13,14). The summed E-state index contributed by atoms with van der Waals surface area (Å²) in [7, 11) is -2.12. The van der Waals surface area contributed by atoms with Crippen LogP contribution in [0.4, 0.5) is 0 Å². The lowest BCUT2D eigenvalue weighted by atomic mass is 10.5. The van der Waals surface area contributed by atoms with Crippen LogP contribution in [0.1, 0.15) is 5.69 Å². The molecule has 11 heteroatoms. The van der Waals surface area contributed by atoms with Crippen LogP contribution in [-0.4, -0.2) is 49.4 Å².